The fraction of sp³-hybridized carbons (Fsp3) is 0.367. The number of hydrogen-bond acceptors (Lipinski definition) is 8. The van der Waals surface area contributed by atoms with E-state index >= 15 is 0 Å². The highest BCUT2D eigenvalue weighted by molar-refractivity contribution is 6.40. The number of ether oxygens (including phenoxy) is 2. The van der Waals surface area contributed by atoms with Crippen LogP contribution in [0.3, 0.4) is 0 Å². The molecule has 3 heterocycles. The second kappa shape index (κ2) is 13.8. The summed E-state index contributed by atoms with van der Waals surface area (Å²) in [6.45, 7) is 9.81. The van der Waals surface area contributed by atoms with Crippen LogP contribution in [0.4, 0.5) is 16.4 Å². The van der Waals surface area contributed by atoms with Gasteiger partial charge in [0.2, 0.25) is 5.95 Å². The van der Waals surface area contributed by atoms with Gasteiger partial charge in [0.25, 0.3) is 11.8 Å². The lowest BCUT2D eigenvalue weighted by molar-refractivity contribution is 0.0142. The van der Waals surface area contributed by atoms with Crippen molar-refractivity contribution < 1.29 is 23.9 Å². The molecule has 238 valence electrons. The number of benzene rings is 2. The summed E-state index contributed by atoms with van der Waals surface area (Å²) in [7, 11) is 0. The molecule has 2 aromatic heterocycles. The van der Waals surface area contributed by atoms with E-state index in [0.717, 1.165) is 26.1 Å². The molecule has 1 aliphatic rings. The number of H-pyrrole nitrogens is 2. The van der Waals surface area contributed by atoms with Gasteiger partial charge in [-0.1, -0.05) is 29.3 Å². The maximum atomic E-state index is 13.0. The molecule has 4 N–H and O–H groups in total. The van der Waals surface area contributed by atoms with E-state index in [-0.39, 0.29) is 39.2 Å². The largest absolute Gasteiger partial charge is 0.493 e. The summed E-state index contributed by atoms with van der Waals surface area (Å²) < 4.78 is 11.4. The molecule has 1 aliphatic heterocycles. The third-order valence-corrected chi connectivity index (χ3v) is 7.51. The molecule has 45 heavy (non-hydrogen) atoms. The number of carbonyl (C=O) groups is 3. The Labute approximate surface area is 269 Å². The van der Waals surface area contributed by atoms with Crippen molar-refractivity contribution in [3.05, 3.63) is 64.2 Å². The van der Waals surface area contributed by atoms with Crippen LogP contribution >= 0.6 is 23.2 Å². The van der Waals surface area contributed by atoms with Crippen LogP contribution in [0, 0.1) is 0 Å². The van der Waals surface area contributed by atoms with Gasteiger partial charge >= 0.3 is 6.09 Å². The molecule has 13 nitrogen and oxygen atoms in total. The van der Waals surface area contributed by atoms with E-state index in [1.807, 2.05) is 26.8 Å². The molecule has 1 saturated heterocycles. The summed E-state index contributed by atoms with van der Waals surface area (Å²) in [5.74, 6) is -0.437. The Bertz CT molecular complexity index is 1670. The van der Waals surface area contributed by atoms with Gasteiger partial charge in [-0.3, -0.25) is 19.8 Å². The quantitative estimate of drug-likeness (QED) is 0.174. The second-order valence-corrected chi connectivity index (χ2v) is 12.2. The number of aromatic amines is 2. The molecule has 1 fully saturated rings. The van der Waals surface area contributed by atoms with Crippen molar-refractivity contribution in [2.45, 2.75) is 32.8 Å². The van der Waals surface area contributed by atoms with Gasteiger partial charge in [0, 0.05) is 38.8 Å². The first-order valence-electron chi connectivity index (χ1n) is 14.4. The third-order valence-electron chi connectivity index (χ3n) is 6.88. The van der Waals surface area contributed by atoms with Gasteiger partial charge in [0.1, 0.15) is 17.0 Å². The summed E-state index contributed by atoms with van der Waals surface area (Å²) in [5, 5.41) is 5.75. The van der Waals surface area contributed by atoms with Crippen molar-refractivity contribution in [2.24, 2.45) is 0 Å². The number of hydrogen-bond donors (Lipinski definition) is 4. The molecule has 15 heteroatoms. The number of nitrogens with one attached hydrogen (secondary N) is 4. The first-order valence-corrected chi connectivity index (χ1v) is 15.2. The smallest absolute Gasteiger partial charge is 0.410 e. The van der Waals surface area contributed by atoms with Crippen LogP contribution in [0.5, 0.6) is 5.75 Å². The van der Waals surface area contributed by atoms with E-state index < -0.39 is 17.4 Å². The summed E-state index contributed by atoms with van der Waals surface area (Å²) in [4.78, 5) is 56.3. The van der Waals surface area contributed by atoms with Crippen molar-refractivity contribution in [3.63, 3.8) is 0 Å². The van der Waals surface area contributed by atoms with Gasteiger partial charge in [0.15, 0.2) is 5.69 Å². The van der Waals surface area contributed by atoms with Crippen LogP contribution in [0.2, 0.25) is 10.0 Å². The molecule has 0 bridgehead atoms. The Morgan fingerprint density at radius 1 is 1.00 bits per heavy atom. The number of para-hydroxylation sites is 1. The van der Waals surface area contributed by atoms with Gasteiger partial charge < -0.3 is 29.7 Å². The molecular formula is C30H34Cl2N8O5. The minimum atomic E-state index is -0.661. The molecule has 0 atom stereocenters. The minimum absolute atomic E-state index is 0.0635. The first kappa shape index (κ1) is 32.1. The number of carbonyl (C=O) groups excluding carboxylic acids is 3. The van der Waals surface area contributed by atoms with Crippen LogP contribution in [0.25, 0.3) is 11.0 Å². The Morgan fingerprint density at radius 2 is 1.73 bits per heavy atom. The Hall–Kier alpha value is -4.33. The van der Waals surface area contributed by atoms with E-state index in [9.17, 15) is 14.4 Å². The molecule has 3 amide bonds. The van der Waals surface area contributed by atoms with Crippen LogP contribution in [-0.2, 0) is 4.74 Å². The molecule has 0 spiro atoms. The molecule has 0 aliphatic carbocycles. The fourth-order valence-corrected chi connectivity index (χ4v) is 5.19. The Morgan fingerprint density at radius 3 is 2.44 bits per heavy atom. The highest BCUT2D eigenvalue weighted by Crippen LogP contribution is 2.30. The SMILES string of the molecule is CC(C)(C)OC(=O)N1CCN(CCCOc2ccc3nc(NC(=O)c4[nH]cnc4C(=O)Nc4c(Cl)cccc4Cl)[nH]c3c2)CC1. The maximum Gasteiger partial charge on any atom is 0.410 e. The lowest BCUT2D eigenvalue weighted by atomic mass is 10.2. The second-order valence-electron chi connectivity index (χ2n) is 11.4. The predicted octanol–water partition coefficient (Wildman–Crippen LogP) is 5.42. The number of rotatable bonds is 9. The number of anilines is 2. The average molecular weight is 658 g/mol. The molecule has 2 aromatic carbocycles. The van der Waals surface area contributed by atoms with Crippen molar-refractivity contribution in [2.75, 3.05) is 50.0 Å². The number of fused-ring (bicyclic) bond motifs is 1. The van der Waals surface area contributed by atoms with Crippen LogP contribution in [0.15, 0.2) is 42.7 Å². The molecule has 0 radical (unpaired) electrons. The summed E-state index contributed by atoms with van der Waals surface area (Å²) >= 11 is 12.3. The number of aromatic nitrogens is 4. The summed E-state index contributed by atoms with van der Waals surface area (Å²) in [5.41, 5.74) is 0.798. The predicted molar refractivity (Wildman–Crippen MR) is 171 cm³/mol. The van der Waals surface area contributed by atoms with E-state index in [4.69, 9.17) is 32.7 Å². The zero-order valence-electron chi connectivity index (χ0n) is 25.1. The maximum absolute atomic E-state index is 13.0. The van der Waals surface area contributed by atoms with Crippen molar-refractivity contribution >= 4 is 63.8 Å². The highest BCUT2D eigenvalue weighted by atomic mass is 35.5. The lowest BCUT2D eigenvalue weighted by Gasteiger charge is -2.35. The third kappa shape index (κ3) is 8.24. The van der Waals surface area contributed by atoms with Crippen LogP contribution < -0.4 is 15.4 Å². The molecule has 4 aromatic rings. The normalized spacial score (nSPS) is 13.9. The summed E-state index contributed by atoms with van der Waals surface area (Å²) in [6, 6.07) is 10.2. The number of halogens is 2. The van der Waals surface area contributed by atoms with Crippen LogP contribution in [-0.4, -0.2) is 92.6 Å². The topological polar surface area (TPSA) is 158 Å². The highest BCUT2D eigenvalue weighted by Gasteiger charge is 2.26. The average Bonchev–Trinajstić information content (AvgIpc) is 3.64. The van der Waals surface area contributed by atoms with Gasteiger partial charge in [-0.15, -0.1) is 0 Å². The van der Waals surface area contributed by atoms with Gasteiger partial charge in [-0.2, -0.15) is 0 Å². The Kier molecular flexibility index (Phi) is 9.80. The number of amides is 3. The summed E-state index contributed by atoms with van der Waals surface area (Å²) in [6.07, 6.45) is 1.79. The van der Waals surface area contributed by atoms with Crippen molar-refractivity contribution in [1.29, 1.82) is 0 Å². The van der Waals surface area contributed by atoms with E-state index in [2.05, 4.69) is 35.5 Å². The standard InChI is InChI=1S/C30H34Cl2N8O5/c1-30(2,3)45-29(43)40-13-11-39(12-14-40)10-5-15-44-18-8-9-21-22(16-18)36-28(35-21)38-27(42)25-24(33-17-34-25)26(41)37-23-19(31)6-4-7-20(23)32/h4,6-9,16-17H,5,10-15H2,1-3H3,(H,33,34)(H,37,41)(H2,35,36,38,42). The fourth-order valence-electron chi connectivity index (χ4n) is 4.70. The van der Waals surface area contributed by atoms with Gasteiger partial charge in [-0.25, -0.2) is 14.8 Å². The number of nitrogens with zero attached hydrogens (tertiary/aromatic N) is 4. The first-order chi connectivity index (χ1) is 21.5. The number of imidazole rings is 2. The molecule has 0 saturated carbocycles. The van der Waals surface area contributed by atoms with Crippen LogP contribution in [0.1, 0.15) is 48.2 Å². The monoisotopic (exact) mass is 656 g/mol. The molecule has 0 unspecified atom stereocenters. The lowest BCUT2D eigenvalue weighted by Crippen LogP contribution is -2.50. The van der Waals surface area contributed by atoms with Crippen molar-refractivity contribution in [3.8, 4) is 5.75 Å². The van der Waals surface area contributed by atoms with Gasteiger partial charge in [0.05, 0.1) is 39.7 Å². The van der Waals surface area contributed by atoms with E-state index in [0.29, 0.717) is 36.5 Å². The molecular weight excluding hydrogens is 623 g/mol. The molecule has 5 rings (SSSR count). The van der Waals surface area contributed by atoms with E-state index in [1.54, 1.807) is 35.2 Å². The van der Waals surface area contributed by atoms with Gasteiger partial charge in [-0.05, 0) is 51.5 Å². The van der Waals surface area contributed by atoms with E-state index in [1.165, 1.54) is 6.33 Å². The zero-order chi connectivity index (χ0) is 32.1. The minimum Gasteiger partial charge on any atom is -0.493 e. The zero-order valence-corrected chi connectivity index (χ0v) is 26.6. The van der Waals surface area contributed by atoms with Crippen molar-refractivity contribution in [1.82, 2.24) is 29.7 Å². The number of piperazine rings is 1. The Balaban J connectivity index is 1.10.